The van der Waals surface area contributed by atoms with Gasteiger partial charge in [-0.2, -0.15) is 0 Å². The maximum atomic E-state index is 11.3. The third-order valence-electron chi connectivity index (χ3n) is 2.47. The first-order chi connectivity index (χ1) is 6.11. The number of carbonyl (C=O) groups is 1. The summed E-state index contributed by atoms with van der Waals surface area (Å²) in [5, 5.41) is 12.1. The van der Waals surface area contributed by atoms with Gasteiger partial charge in [0.15, 0.2) is 0 Å². The number of rotatable bonds is 3. The van der Waals surface area contributed by atoms with Crippen LogP contribution in [0, 0.1) is 0 Å². The van der Waals surface area contributed by atoms with Gasteiger partial charge in [0.2, 0.25) is 0 Å². The summed E-state index contributed by atoms with van der Waals surface area (Å²) in [4.78, 5) is 11.3. The Bertz CT molecular complexity index is 176. The van der Waals surface area contributed by atoms with Crippen molar-refractivity contribution in [3.05, 3.63) is 0 Å². The quantitative estimate of drug-likeness (QED) is 0.569. The molecule has 1 unspecified atom stereocenters. The molecule has 0 aliphatic heterocycles. The van der Waals surface area contributed by atoms with E-state index in [2.05, 4.69) is 5.32 Å². The lowest BCUT2D eigenvalue weighted by molar-refractivity contribution is -0.130. The average Bonchev–Trinajstić information content (AvgIpc) is 2.55. The van der Waals surface area contributed by atoms with E-state index in [-0.39, 0.29) is 11.9 Å². The van der Waals surface area contributed by atoms with Crippen molar-refractivity contribution in [1.82, 2.24) is 5.32 Å². The van der Waals surface area contributed by atoms with Crippen LogP contribution in [0.25, 0.3) is 0 Å². The lowest BCUT2D eigenvalue weighted by atomic mass is 10.1. The van der Waals surface area contributed by atoms with Crippen LogP contribution in [0.5, 0.6) is 0 Å². The number of nitrogens with two attached hydrogens (primary N) is 1. The molecule has 4 N–H and O–H groups in total. The van der Waals surface area contributed by atoms with E-state index in [9.17, 15) is 9.90 Å². The Labute approximate surface area is 78.5 Å². The van der Waals surface area contributed by atoms with Crippen LogP contribution in [0.4, 0.5) is 0 Å². The van der Waals surface area contributed by atoms with Crippen molar-refractivity contribution in [3.63, 3.8) is 0 Å². The summed E-state index contributed by atoms with van der Waals surface area (Å²) >= 11 is 0. The molecule has 0 bridgehead atoms. The first-order valence-corrected chi connectivity index (χ1v) is 4.85. The van der Waals surface area contributed by atoms with Gasteiger partial charge in [0, 0.05) is 12.1 Å². The molecule has 76 valence electrons. The average molecular weight is 186 g/mol. The van der Waals surface area contributed by atoms with Gasteiger partial charge in [0.1, 0.15) is 6.10 Å². The number of hydrogen-bond acceptors (Lipinski definition) is 3. The predicted molar refractivity (Wildman–Crippen MR) is 50.1 cm³/mol. The van der Waals surface area contributed by atoms with Crippen molar-refractivity contribution < 1.29 is 9.90 Å². The van der Waals surface area contributed by atoms with Crippen molar-refractivity contribution in [2.75, 3.05) is 0 Å². The monoisotopic (exact) mass is 186 g/mol. The molecular weight excluding hydrogens is 168 g/mol. The lowest BCUT2D eigenvalue weighted by Gasteiger charge is -2.17. The fourth-order valence-corrected chi connectivity index (χ4v) is 1.60. The highest BCUT2D eigenvalue weighted by Gasteiger charge is 2.23. The summed E-state index contributed by atoms with van der Waals surface area (Å²) < 4.78 is 0. The molecule has 1 aliphatic carbocycles. The molecule has 0 aromatic carbocycles. The number of aliphatic hydroxyl groups is 1. The second-order valence-corrected chi connectivity index (χ2v) is 3.79. The van der Waals surface area contributed by atoms with Crippen LogP contribution in [-0.4, -0.2) is 29.2 Å². The third-order valence-corrected chi connectivity index (χ3v) is 2.47. The normalized spacial score (nSPS) is 22.7. The number of nitrogens with one attached hydrogen (secondary N) is 1. The summed E-state index contributed by atoms with van der Waals surface area (Å²) in [6.45, 7) is 1.62. The lowest BCUT2D eigenvalue weighted by Crippen LogP contribution is -2.47. The zero-order valence-electron chi connectivity index (χ0n) is 7.99. The highest BCUT2D eigenvalue weighted by molar-refractivity contribution is 5.81. The molecule has 0 saturated heterocycles. The van der Waals surface area contributed by atoms with Crippen LogP contribution >= 0.6 is 0 Å². The van der Waals surface area contributed by atoms with E-state index in [4.69, 9.17) is 5.73 Å². The molecule has 4 nitrogen and oxygen atoms in total. The molecule has 13 heavy (non-hydrogen) atoms. The highest BCUT2D eigenvalue weighted by atomic mass is 16.3. The zero-order chi connectivity index (χ0) is 9.84. The van der Waals surface area contributed by atoms with Crippen LogP contribution in [0.3, 0.4) is 0 Å². The van der Waals surface area contributed by atoms with E-state index in [0.29, 0.717) is 0 Å². The molecule has 1 aliphatic rings. The van der Waals surface area contributed by atoms with Gasteiger partial charge in [-0.3, -0.25) is 4.79 Å². The maximum absolute atomic E-state index is 11.3. The van der Waals surface area contributed by atoms with E-state index < -0.39 is 12.1 Å². The Hall–Kier alpha value is -0.610. The van der Waals surface area contributed by atoms with Crippen molar-refractivity contribution >= 4 is 5.91 Å². The SMILES string of the molecule is C[C@H](N)C(O)C(=O)NC1CCCC1. The molecule has 0 spiro atoms. The largest absolute Gasteiger partial charge is 0.382 e. The topological polar surface area (TPSA) is 75.3 Å². The van der Waals surface area contributed by atoms with E-state index in [1.165, 1.54) is 12.8 Å². The first-order valence-electron chi connectivity index (χ1n) is 4.85. The molecule has 1 fully saturated rings. The third kappa shape index (κ3) is 2.97. The number of aliphatic hydroxyl groups excluding tert-OH is 1. The number of carbonyl (C=O) groups excluding carboxylic acids is 1. The Morgan fingerprint density at radius 3 is 2.54 bits per heavy atom. The summed E-state index contributed by atoms with van der Waals surface area (Å²) in [5.41, 5.74) is 5.40. The summed E-state index contributed by atoms with van der Waals surface area (Å²) in [6, 6.07) is -0.248. The molecule has 1 rings (SSSR count). The summed E-state index contributed by atoms with van der Waals surface area (Å²) in [6.07, 6.45) is 3.31. The second kappa shape index (κ2) is 4.58. The van der Waals surface area contributed by atoms with Gasteiger partial charge in [-0.05, 0) is 19.8 Å². The maximum Gasteiger partial charge on any atom is 0.250 e. The summed E-state index contributed by atoms with van der Waals surface area (Å²) in [7, 11) is 0. The molecule has 0 radical (unpaired) electrons. The van der Waals surface area contributed by atoms with Crippen LogP contribution in [0.15, 0.2) is 0 Å². The van der Waals surface area contributed by atoms with Gasteiger partial charge in [-0.15, -0.1) is 0 Å². The van der Waals surface area contributed by atoms with Crippen LogP contribution in [0.1, 0.15) is 32.6 Å². The molecular formula is C9H18N2O2. The predicted octanol–water partition coefficient (Wildman–Crippen LogP) is -0.247. The molecule has 0 aromatic rings. The van der Waals surface area contributed by atoms with Gasteiger partial charge in [0.05, 0.1) is 0 Å². The standard InChI is InChI=1S/C9H18N2O2/c1-6(10)8(12)9(13)11-7-4-2-3-5-7/h6-8,12H,2-5,10H2,1H3,(H,11,13)/t6-,8?/m0/s1. The van der Waals surface area contributed by atoms with Crippen molar-refractivity contribution in [2.45, 2.75) is 50.8 Å². The smallest absolute Gasteiger partial charge is 0.250 e. The molecule has 2 atom stereocenters. The molecule has 1 amide bonds. The number of hydrogen-bond donors (Lipinski definition) is 3. The van der Waals surface area contributed by atoms with E-state index in [0.717, 1.165) is 12.8 Å². The molecule has 0 aromatic heterocycles. The second-order valence-electron chi connectivity index (χ2n) is 3.79. The van der Waals surface area contributed by atoms with Gasteiger partial charge in [0.25, 0.3) is 5.91 Å². The van der Waals surface area contributed by atoms with E-state index >= 15 is 0 Å². The van der Waals surface area contributed by atoms with E-state index in [1.807, 2.05) is 0 Å². The first kappa shape index (κ1) is 10.5. The Balaban J connectivity index is 2.31. The molecule has 0 heterocycles. The van der Waals surface area contributed by atoms with Crippen molar-refractivity contribution in [3.8, 4) is 0 Å². The fourth-order valence-electron chi connectivity index (χ4n) is 1.60. The Morgan fingerprint density at radius 1 is 1.54 bits per heavy atom. The van der Waals surface area contributed by atoms with Crippen LogP contribution in [0.2, 0.25) is 0 Å². The van der Waals surface area contributed by atoms with Gasteiger partial charge >= 0.3 is 0 Å². The van der Waals surface area contributed by atoms with Gasteiger partial charge < -0.3 is 16.2 Å². The molecule has 4 heteroatoms. The van der Waals surface area contributed by atoms with E-state index in [1.54, 1.807) is 6.92 Å². The minimum Gasteiger partial charge on any atom is -0.382 e. The highest BCUT2D eigenvalue weighted by Crippen LogP contribution is 2.17. The number of amides is 1. The fraction of sp³-hybridized carbons (Fsp3) is 0.889. The van der Waals surface area contributed by atoms with Crippen molar-refractivity contribution in [2.24, 2.45) is 5.73 Å². The Morgan fingerprint density at radius 2 is 2.08 bits per heavy atom. The van der Waals surface area contributed by atoms with Gasteiger partial charge in [-0.25, -0.2) is 0 Å². The van der Waals surface area contributed by atoms with Crippen LogP contribution in [-0.2, 0) is 4.79 Å². The molecule has 1 saturated carbocycles. The van der Waals surface area contributed by atoms with Gasteiger partial charge in [-0.1, -0.05) is 12.8 Å². The zero-order valence-corrected chi connectivity index (χ0v) is 7.99. The van der Waals surface area contributed by atoms with Crippen LogP contribution < -0.4 is 11.1 Å². The minimum absolute atomic E-state index is 0.251. The van der Waals surface area contributed by atoms with Crippen molar-refractivity contribution in [1.29, 1.82) is 0 Å². The Kier molecular flexibility index (Phi) is 3.69. The summed E-state index contributed by atoms with van der Waals surface area (Å²) in [5.74, 6) is -0.332. The minimum atomic E-state index is -1.07.